The highest BCUT2D eigenvalue weighted by molar-refractivity contribution is 6.35. The Kier molecular flexibility index (Phi) is 6.04. The second-order valence-corrected chi connectivity index (χ2v) is 5.74. The molecular formula is C16H17Cl2N3O. The molecule has 2 N–H and O–H groups in total. The van der Waals surface area contributed by atoms with Crippen LogP contribution in [0.2, 0.25) is 10.0 Å². The molecule has 22 heavy (non-hydrogen) atoms. The van der Waals surface area contributed by atoms with Crippen molar-refractivity contribution in [2.24, 2.45) is 0 Å². The predicted molar refractivity (Wildman–Crippen MR) is 92.1 cm³/mol. The van der Waals surface area contributed by atoms with Crippen molar-refractivity contribution in [3.63, 3.8) is 0 Å². The standard InChI is InChI=1S/C16H17Cl2N3O/c1-2-3-4-16(22)21-13-5-6-15(19-10-13)20-14-8-11(17)7-12(18)9-14/h5-10H,2-4H2,1H3,(H,19,20)(H,21,22). The molecular weight excluding hydrogens is 321 g/mol. The minimum absolute atomic E-state index is 0.00554. The van der Waals surface area contributed by atoms with Crippen LogP contribution in [0, 0.1) is 0 Å². The predicted octanol–water partition coefficient (Wildman–Crippen LogP) is 5.26. The molecule has 0 saturated heterocycles. The minimum atomic E-state index is 0.00554. The monoisotopic (exact) mass is 337 g/mol. The van der Waals surface area contributed by atoms with Crippen LogP contribution >= 0.6 is 23.2 Å². The lowest BCUT2D eigenvalue weighted by molar-refractivity contribution is -0.116. The quantitative estimate of drug-likeness (QED) is 0.755. The molecule has 6 heteroatoms. The molecule has 1 aromatic carbocycles. The van der Waals surface area contributed by atoms with Crippen molar-refractivity contribution in [3.8, 4) is 0 Å². The van der Waals surface area contributed by atoms with Crippen molar-refractivity contribution in [3.05, 3.63) is 46.6 Å². The molecule has 0 radical (unpaired) electrons. The van der Waals surface area contributed by atoms with Gasteiger partial charge in [-0.25, -0.2) is 4.98 Å². The number of rotatable bonds is 6. The number of amides is 1. The molecule has 0 aliphatic carbocycles. The van der Waals surface area contributed by atoms with E-state index < -0.39 is 0 Å². The van der Waals surface area contributed by atoms with E-state index in [-0.39, 0.29) is 5.91 Å². The Hall–Kier alpha value is -1.78. The van der Waals surface area contributed by atoms with E-state index in [0.29, 0.717) is 28.0 Å². The molecule has 2 rings (SSSR count). The summed E-state index contributed by atoms with van der Waals surface area (Å²) >= 11 is 11.9. The summed E-state index contributed by atoms with van der Waals surface area (Å²) in [6.07, 6.45) is 4.01. The zero-order valence-electron chi connectivity index (χ0n) is 12.2. The number of aromatic nitrogens is 1. The van der Waals surface area contributed by atoms with Crippen molar-refractivity contribution in [2.75, 3.05) is 10.6 Å². The number of hydrogen-bond donors (Lipinski definition) is 2. The third kappa shape index (κ3) is 5.20. The first-order valence-electron chi connectivity index (χ1n) is 7.06. The summed E-state index contributed by atoms with van der Waals surface area (Å²) < 4.78 is 0. The van der Waals surface area contributed by atoms with Crippen LogP contribution in [0.5, 0.6) is 0 Å². The van der Waals surface area contributed by atoms with Gasteiger partial charge >= 0.3 is 0 Å². The molecule has 1 heterocycles. The van der Waals surface area contributed by atoms with Gasteiger partial charge in [-0.15, -0.1) is 0 Å². The topological polar surface area (TPSA) is 54.0 Å². The van der Waals surface area contributed by atoms with Crippen molar-refractivity contribution >= 4 is 46.3 Å². The molecule has 0 spiro atoms. The summed E-state index contributed by atoms with van der Waals surface area (Å²) in [6, 6.07) is 8.76. The van der Waals surface area contributed by atoms with Gasteiger partial charge in [0, 0.05) is 22.2 Å². The number of hydrogen-bond acceptors (Lipinski definition) is 3. The van der Waals surface area contributed by atoms with E-state index in [0.717, 1.165) is 18.5 Å². The van der Waals surface area contributed by atoms with Gasteiger partial charge in [-0.2, -0.15) is 0 Å². The first-order chi connectivity index (χ1) is 10.6. The van der Waals surface area contributed by atoms with Gasteiger partial charge in [0.05, 0.1) is 11.9 Å². The van der Waals surface area contributed by atoms with Gasteiger partial charge in [0.15, 0.2) is 0 Å². The van der Waals surface area contributed by atoms with E-state index in [2.05, 4.69) is 22.5 Å². The molecule has 0 fully saturated rings. The summed E-state index contributed by atoms with van der Waals surface area (Å²) in [7, 11) is 0. The maximum Gasteiger partial charge on any atom is 0.224 e. The molecule has 0 saturated carbocycles. The number of anilines is 3. The lowest BCUT2D eigenvalue weighted by atomic mass is 10.2. The Morgan fingerprint density at radius 3 is 2.45 bits per heavy atom. The Morgan fingerprint density at radius 1 is 1.14 bits per heavy atom. The Balaban J connectivity index is 1.98. The summed E-state index contributed by atoms with van der Waals surface area (Å²) in [5.41, 5.74) is 1.43. The van der Waals surface area contributed by atoms with Crippen molar-refractivity contribution in [1.82, 2.24) is 4.98 Å². The van der Waals surface area contributed by atoms with Gasteiger partial charge in [0.2, 0.25) is 5.91 Å². The zero-order valence-corrected chi connectivity index (χ0v) is 13.7. The van der Waals surface area contributed by atoms with Crippen molar-refractivity contribution in [2.45, 2.75) is 26.2 Å². The van der Waals surface area contributed by atoms with E-state index in [4.69, 9.17) is 23.2 Å². The molecule has 1 amide bonds. The SMILES string of the molecule is CCCCC(=O)Nc1ccc(Nc2cc(Cl)cc(Cl)c2)nc1. The highest BCUT2D eigenvalue weighted by Crippen LogP contribution is 2.24. The van der Waals surface area contributed by atoms with Crippen LogP contribution in [0.4, 0.5) is 17.2 Å². The van der Waals surface area contributed by atoms with E-state index in [1.54, 1.807) is 36.5 Å². The van der Waals surface area contributed by atoms with Crippen LogP contribution in [0.25, 0.3) is 0 Å². The number of carbonyl (C=O) groups is 1. The third-order valence-electron chi connectivity index (χ3n) is 2.94. The van der Waals surface area contributed by atoms with Gasteiger partial charge in [-0.3, -0.25) is 4.79 Å². The number of nitrogens with one attached hydrogen (secondary N) is 2. The van der Waals surface area contributed by atoms with Gasteiger partial charge < -0.3 is 10.6 Å². The summed E-state index contributed by atoms with van der Waals surface area (Å²) in [5, 5.41) is 7.02. The summed E-state index contributed by atoms with van der Waals surface area (Å²) in [4.78, 5) is 15.9. The zero-order chi connectivity index (χ0) is 15.9. The van der Waals surface area contributed by atoms with Crippen LogP contribution in [0.3, 0.4) is 0 Å². The Labute approximate surface area is 139 Å². The maximum absolute atomic E-state index is 11.6. The summed E-state index contributed by atoms with van der Waals surface area (Å²) in [5.74, 6) is 0.649. The maximum atomic E-state index is 11.6. The van der Waals surface area contributed by atoms with Gasteiger partial charge in [-0.1, -0.05) is 36.5 Å². The average Bonchev–Trinajstić information content (AvgIpc) is 2.46. The van der Waals surface area contributed by atoms with Crippen LogP contribution in [0.1, 0.15) is 26.2 Å². The number of unbranched alkanes of at least 4 members (excludes halogenated alkanes) is 1. The number of nitrogens with zero attached hydrogens (tertiary/aromatic N) is 1. The molecule has 116 valence electrons. The Morgan fingerprint density at radius 2 is 1.86 bits per heavy atom. The van der Waals surface area contributed by atoms with E-state index in [9.17, 15) is 4.79 Å². The van der Waals surface area contributed by atoms with E-state index >= 15 is 0 Å². The van der Waals surface area contributed by atoms with Crippen LogP contribution in [0.15, 0.2) is 36.5 Å². The number of carbonyl (C=O) groups excluding carboxylic acids is 1. The largest absolute Gasteiger partial charge is 0.340 e. The molecule has 0 atom stereocenters. The van der Waals surface area contributed by atoms with Crippen molar-refractivity contribution in [1.29, 1.82) is 0 Å². The van der Waals surface area contributed by atoms with E-state index in [1.807, 2.05) is 0 Å². The van der Waals surface area contributed by atoms with E-state index in [1.165, 1.54) is 0 Å². The first-order valence-corrected chi connectivity index (χ1v) is 7.81. The fourth-order valence-electron chi connectivity index (χ4n) is 1.88. The average molecular weight is 338 g/mol. The second-order valence-electron chi connectivity index (χ2n) is 4.87. The molecule has 4 nitrogen and oxygen atoms in total. The van der Waals surface area contributed by atoms with Gasteiger partial charge in [0.1, 0.15) is 5.82 Å². The van der Waals surface area contributed by atoms with Crippen LogP contribution in [-0.2, 0) is 4.79 Å². The minimum Gasteiger partial charge on any atom is -0.340 e. The molecule has 0 aliphatic heterocycles. The Bertz CT molecular complexity index is 624. The molecule has 0 aliphatic rings. The second kappa shape index (κ2) is 8.01. The molecule has 0 bridgehead atoms. The van der Waals surface area contributed by atoms with Crippen LogP contribution < -0.4 is 10.6 Å². The van der Waals surface area contributed by atoms with Crippen molar-refractivity contribution < 1.29 is 4.79 Å². The molecule has 1 aromatic heterocycles. The fourth-order valence-corrected chi connectivity index (χ4v) is 2.40. The highest BCUT2D eigenvalue weighted by Gasteiger charge is 2.03. The first kappa shape index (κ1) is 16.6. The van der Waals surface area contributed by atoms with Crippen LogP contribution in [-0.4, -0.2) is 10.9 Å². The smallest absolute Gasteiger partial charge is 0.224 e. The lowest BCUT2D eigenvalue weighted by Gasteiger charge is -2.08. The number of benzene rings is 1. The third-order valence-corrected chi connectivity index (χ3v) is 3.38. The molecule has 0 unspecified atom stereocenters. The lowest BCUT2D eigenvalue weighted by Crippen LogP contribution is -2.11. The number of pyridine rings is 1. The van der Waals surface area contributed by atoms with Gasteiger partial charge in [0.25, 0.3) is 0 Å². The van der Waals surface area contributed by atoms with Gasteiger partial charge in [-0.05, 0) is 36.8 Å². The normalized spacial score (nSPS) is 10.3. The highest BCUT2D eigenvalue weighted by atomic mass is 35.5. The number of halogens is 2. The molecule has 2 aromatic rings. The summed E-state index contributed by atoms with van der Waals surface area (Å²) in [6.45, 7) is 2.05. The fraction of sp³-hybridized carbons (Fsp3) is 0.250.